The Kier molecular flexibility index (Phi) is 3.34. The highest BCUT2D eigenvalue weighted by Crippen LogP contribution is 2.24. The van der Waals surface area contributed by atoms with Gasteiger partial charge in [0.1, 0.15) is 0 Å². The summed E-state index contributed by atoms with van der Waals surface area (Å²) in [5.41, 5.74) is 4.58. The van der Waals surface area contributed by atoms with Crippen LogP contribution in [0, 0.1) is 0 Å². The molecule has 0 aliphatic carbocycles. The highest BCUT2D eigenvalue weighted by molar-refractivity contribution is 5.35. The zero-order valence-electron chi connectivity index (χ0n) is 11.0. The number of benzene rings is 1. The molecule has 0 atom stereocenters. The van der Waals surface area contributed by atoms with Crippen LogP contribution in [0.15, 0.2) is 18.2 Å². The fourth-order valence-electron chi connectivity index (χ4n) is 2.40. The first-order chi connectivity index (χ1) is 7.58. The van der Waals surface area contributed by atoms with Crippen LogP contribution in [0.3, 0.4) is 0 Å². The van der Waals surface area contributed by atoms with E-state index in [1.807, 2.05) is 0 Å². The number of hydrogen-bond acceptors (Lipinski definition) is 1. The maximum Gasteiger partial charge on any atom is 0.0239 e. The minimum atomic E-state index is 0.639. The molecule has 0 saturated carbocycles. The van der Waals surface area contributed by atoms with E-state index in [-0.39, 0.29) is 0 Å². The van der Waals surface area contributed by atoms with E-state index in [9.17, 15) is 0 Å². The molecule has 16 heavy (non-hydrogen) atoms. The molecule has 0 saturated heterocycles. The molecule has 0 radical (unpaired) electrons. The molecule has 1 aliphatic heterocycles. The Balaban J connectivity index is 2.25. The molecule has 1 aliphatic rings. The molecule has 1 aromatic rings. The van der Waals surface area contributed by atoms with Gasteiger partial charge in [0.2, 0.25) is 0 Å². The first kappa shape index (κ1) is 11.7. The molecule has 0 bridgehead atoms. The lowest BCUT2D eigenvalue weighted by Gasteiger charge is -2.32. The Morgan fingerprint density at radius 2 is 1.81 bits per heavy atom. The highest BCUT2D eigenvalue weighted by Gasteiger charge is 2.18. The zero-order valence-corrected chi connectivity index (χ0v) is 11.0. The van der Waals surface area contributed by atoms with Gasteiger partial charge in [-0.15, -0.1) is 0 Å². The summed E-state index contributed by atoms with van der Waals surface area (Å²) in [7, 11) is 0. The molecule has 1 aromatic carbocycles. The van der Waals surface area contributed by atoms with Crippen LogP contribution in [0.5, 0.6) is 0 Å². The average molecular weight is 217 g/mol. The molecule has 1 heterocycles. The van der Waals surface area contributed by atoms with E-state index in [4.69, 9.17) is 0 Å². The molecule has 0 amide bonds. The maximum atomic E-state index is 2.56. The number of hydrogen-bond donors (Lipinski definition) is 0. The van der Waals surface area contributed by atoms with Gasteiger partial charge in [-0.05, 0) is 42.9 Å². The SMILES string of the molecule is CC(C)c1ccc2c(c1)CN(C(C)C)CC2. The standard InChI is InChI=1S/C15H23N/c1-11(2)14-6-5-13-7-8-16(12(3)4)10-15(13)9-14/h5-6,9,11-12H,7-8,10H2,1-4H3. The zero-order chi connectivity index (χ0) is 11.7. The summed E-state index contributed by atoms with van der Waals surface area (Å²) in [5.74, 6) is 0.639. The lowest BCUT2D eigenvalue weighted by Crippen LogP contribution is -2.35. The Morgan fingerprint density at radius 1 is 1.06 bits per heavy atom. The van der Waals surface area contributed by atoms with E-state index < -0.39 is 0 Å². The molecule has 1 heteroatoms. The van der Waals surface area contributed by atoms with Crippen LogP contribution in [-0.4, -0.2) is 17.5 Å². The van der Waals surface area contributed by atoms with Gasteiger partial charge in [-0.3, -0.25) is 4.90 Å². The second-order valence-corrected chi connectivity index (χ2v) is 5.50. The second kappa shape index (κ2) is 4.58. The van der Waals surface area contributed by atoms with Gasteiger partial charge in [-0.25, -0.2) is 0 Å². The van der Waals surface area contributed by atoms with Crippen LogP contribution in [0.4, 0.5) is 0 Å². The van der Waals surface area contributed by atoms with Crippen LogP contribution in [0.25, 0.3) is 0 Å². The highest BCUT2D eigenvalue weighted by atomic mass is 15.1. The monoisotopic (exact) mass is 217 g/mol. The smallest absolute Gasteiger partial charge is 0.0239 e. The number of fused-ring (bicyclic) bond motifs is 1. The van der Waals surface area contributed by atoms with E-state index in [2.05, 4.69) is 50.8 Å². The molecular formula is C15H23N. The van der Waals surface area contributed by atoms with Gasteiger partial charge in [-0.2, -0.15) is 0 Å². The van der Waals surface area contributed by atoms with E-state index in [1.54, 1.807) is 11.1 Å². The minimum absolute atomic E-state index is 0.639. The predicted octanol–water partition coefficient (Wildman–Crippen LogP) is 3.58. The fraction of sp³-hybridized carbons (Fsp3) is 0.600. The van der Waals surface area contributed by atoms with Crippen molar-refractivity contribution in [2.75, 3.05) is 6.54 Å². The van der Waals surface area contributed by atoms with Crippen LogP contribution in [0.1, 0.15) is 50.3 Å². The number of nitrogens with zero attached hydrogens (tertiary/aromatic N) is 1. The number of rotatable bonds is 2. The van der Waals surface area contributed by atoms with Gasteiger partial charge in [0.05, 0.1) is 0 Å². The predicted molar refractivity (Wildman–Crippen MR) is 69.8 cm³/mol. The van der Waals surface area contributed by atoms with Gasteiger partial charge in [0.25, 0.3) is 0 Å². The average Bonchev–Trinajstić information content (AvgIpc) is 2.27. The van der Waals surface area contributed by atoms with Gasteiger partial charge in [0, 0.05) is 19.1 Å². The van der Waals surface area contributed by atoms with Crippen LogP contribution >= 0.6 is 0 Å². The summed E-state index contributed by atoms with van der Waals surface area (Å²) in [6.45, 7) is 11.5. The van der Waals surface area contributed by atoms with Crippen molar-refractivity contribution < 1.29 is 0 Å². The largest absolute Gasteiger partial charge is 0.296 e. The quantitative estimate of drug-likeness (QED) is 0.732. The molecular weight excluding hydrogens is 194 g/mol. The molecule has 2 rings (SSSR count). The van der Waals surface area contributed by atoms with Crippen molar-refractivity contribution >= 4 is 0 Å². The van der Waals surface area contributed by atoms with Gasteiger partial charge < -0.3 is 0 Å². The van der Waals surface area contributed by atoms with Crippen LogP contribution < -0.4 is 0 Å². The molecule has 0 N–H and O–H groups in total. The molecule has 1 nitrogen and oxygen atoms in total. The van der Waals surface area contributed by atoms with Crippen molar-refractivity contribution in [1.82, 2.24) is 4.90 Å². The second-order valence-electron chi connectivity index (χ2n) is 5.50. The lowest BCUT2D eigenvalue weighted by atomic mass is 9.93. The van der Waals surface area contributed by atoms with Crippen molar-refractivity contribution in [3.8, 4) is 0 Å². The van der Waals surface area contributed by atoms with Crippen LogP contribution in [-0.2, 0) is 13.0 Å². The summed E-state index contributed by atoms with van der Waals surface area (Å²) >= 11 is 0. The maximum absolute atomic E-state index is 2.56. The Labute approximate surface area is 99.5 Å². The fourth-order valence-corrected chi connectivity index (χ4v) is 2.40. The molecule has 0 unspecified atom stereocenters. The molecule has 88 valence electrons. The van der Waals surface area contributed by atoms with Gasteiger partial charge in [0.15, 0.2) is 0 Å². The van der Waals surface area contributed by atoms with Gasteiger partial charge in [-0.1, -0.05) is 32.0 Å². The van der Waals surface area contributed by atoms with Crippen molar-refractivity contribution in [1.29, 1.82) is 0 Å². The van der Waals surface area contributed by atoms with Crippen molar-refractivity contribution in [3.05, 3.63) is 34.9 Å². The third kappa shape index (κ3) is 2.30. The Morgan fingerprint density at radius 3 is 2.44 bits per heavy atom. The van der Waals surface area contributed by atoms with E-state index >= 15 is 0 Å². The molecule has 0 aromatic heterocycles. The summed E-state index contributed by atoms with van der Waals surface area (Å²) in [4.78, 5) is 2.56. The minimum Gasteiger partial charge on any atom is -0.296 e. The van der Waals surface area contributed by atoms with Crippen molar-refractivity contribution in [3.63, 3.8) is 0 Å². The van der Waals surface area contributed by atoms with E-state index in [1.165, 1.54) is 18.5 Å². The topological polar surface area (TPSA) is 3.24 Å². The first-order valence-electron chi connectivity index (χ1n) is 6.43. The van der Waals surface area contributed by atoms with E-state index in [0.29, 0.717) is 12.0 Å². The summed E-state index contributed by atoms with van der Waals surface area (Å²) in [5, 5.41) is 0. The van der Waals surface area contributed by atoms with Crippen molar-refractivity contribution in [2.45, 2.75) is 52.6 Å². The first-order valence-corrected chi connectivity index (χ1v) is 6.43. The summed E-state index contributed by atoms with van der Waals surface area (Å²) < 4.78 is 0. The van der Waals surface area contributed by atoms with Crippen molar-refractivity contribution in [2.24, 2.45) is 0 Å². The molecule has 0 fully saturated rings. The van der Waals surface area contributed by atoms with E-state index in [0.717, 1.165) is 6.54 Å². The normalized spacial score (nSPS) is 16.9. The summed E-state index contributed by atoms with van der Waals surface area (Å²) in [6.07, 6.45) is 1.21. The van der Waals surface area contributed by atoms with Crippen LogP contribution in [0.2, 0.25) is 0 Å². The Bertz CT molecular complexity index is 366. The Hall–Kier alpha value is -0.820. The third-order valence-electron chi connectivity index (χ3n) is 3.67. The van der Waals surface area contributed by atoms with Gasteiger partial charge >= 0.3 is 0 Å². The third-order valence-corrected chi connectivity index (χ3v) is 3.67. The summed E-state index contributed by atoms with van der Waals surface area (Å²) in [6, 6.07) is 7.71. The molecule has 0 spiro atoms. The lowest BCUT2D eigenvalue weighted by molar-refractivity contribution is 0.203.